The second-order valence-electron chi connectivity index (χ2n) is 5.08. The molecule has 8 heteroatoms. The fraction of sp³-hybridized carbons (Fsp3) is 0.312. The van der Waals surface area contributed by atoms with Gasteiger partial charge >= 0.3 is 10.8 Å². The number of methoxy groups -OCH3 is 1. The van der Waals surface area contributed by atoms with Crippen LogP contribution in [-0.2, 0) is 20.9 Å². The maximum Gasteiger partial charge on any atom is 0.326 e. The monoisotopic (exact) mass is 350 g/mol. The number of ether oxygens (including phenoxy) is 2. The summed E-state index contributed by atoms with van der Waals surface area (Å²) in [6.45, 7) is 2.98. The third-order valence-electron chi connectivity index (χ3n) is 3.28. The quantitative estimate of drug-likeness (QED) is 0.803. The summed E-state index contributed by atoms with van der Waals surface area (Å²) < 4.78 is 11.5. The van der Waals surface area contributed by atoms with E-state index < -0.39 is 18.0 Å². The van der Waals surface area contributed by atoms with Crippen molar-refractivity contribution >= 4 is 28.9 Å². The van der Waals surface area contributed by atoms with Crippen LogP contribution in [0.3, 0.4) is 0 Å². The molecular weight excluding hydrogens is 332 g/mol. The average molecular weight is 350 g/mol. The van der Waals surface area contributed by atoms with Crippen LogP contribution < -0.4 is 14.9 Å². The Morgan fingerprint density at radius 1 is 1.38 bits per heavy atom. The highest BCUT2D eigenvalue weighted by molar-refractivity contribution is 7.07. The Bertz CT molecular complexity index is 796. The van der Waals surface area contributed by atoms with Crippen molar-refractivity contribution < 1.29 is 19.1 Å². The van der Waals surface area contributed by atoms with Crippen molar-refractivity contribution in [3.05, 3.63) is 45.0 Å². The van der Waals surface area contributed by atoms with Gasteiger partial charge in [0, 0.05) is 22.8 Å². The zero-order valence-electron chi connectivity index (χ0n) is 13.6. The van der Waals surface area contributed by atoms with E-state index in [1.165, 1.54) is 18.6 Å². The predicted octanol–water partition coefficient (Wildman–Crippen LogP) is 1.80. The zero-order valence-corrected chi connectivity index (χ0v) is 14.4. The van der Waals surface area contributed by atoms with E-state index in [2.05, 4.69) is 5.32 Å². The van der Waals surface area contributed by atoms with E-state index in [9.17, 15) is 14.4 Å². The van der Waals surface area contributed by atoms with Crippen molar-refractivity contribution in [2.75, 3.05) is 12.4 Å². The minimum Gasteiger partial charge on any atom is -0.497 e. The third-order valence-corrected chi connectivity index (χ3v) is 4.16. The van der Waals surface area contributed by atoms with E-state index in [1.54, 1.807) is 36.6 Å². The van der Waals surface area contributed by atoms with Gasteiger partial charge in [0.15, 0.2) is 6.10 Å². The number of carbonyl (C=O) groups is 2. The number of carbonyl (C=O) groups excluding carboxylic acids is 2. The lowest BCUT2D eigenvalue weighted by Crippen LogP contribution is -2.32. The highest BCUT2D eigenvalue weighted by atomic mass is 32.1. The summed E-state index contributed by atoms with van der Waals surface area (Å²) in [7, 11) is 1.53. The fourth-order valence-corrected chi connectivity index (χ4v) is 2.69. The first kappa shape index (κ1) is 17.7. The van der Waals surface area contributed by atoms with Crippen molar-refractivity contribution in [3.63, 3.8) is 0 Å². The molecule has 0 bridgehead atoms. The molecule has 24 heavy (non-hydrogen) atoms. The van der Waals surface area contributed by atoms with Crippen LogP contribution in [0, 0.1) is 6.92 Å². The predicted molar refractivity (Wildman–Crippen MR) is 90.5 cm³/mol. The van der Waals surface area contributed by atoms with Gasteiger partial charge in [-0.2, -0.15) is 0 Å². The van der Waals surface area contributed by atoms with Gasteiger partial charge in [0.25, 0.3) is 5.91 Å². The molecule has 1 atom stereocenters. The fourth-order valence-electron chi connectivity index (χ4n) is 1.96. The van der Waals surface area contributed by atoms with Crippen LogP contribution in [0.4, 0.5) is 5.69 Å². The first-order valence-electron chi connectivity index (χ1n) is 7.20. The molecule has 0 aliphatic heterocycles. The van der Waals surface area contributed by atoms with Crippen LogP contribution in [0.15, 0.2) is 34.4 Å². The summed E-state index contributed by atoms with van der Waals surface area (Å²) in [5.74, 6) is -0.511. The molecule has 1 aromatic carbocycles. The van der Waals surface area contributed by atoms with Crippen LogP contribution in [0.1, 0.15) is 12.6 Å². The highest BCUT2D eigenvalue weighted by Crippen LogP contribution is 2.17. The number of hydrogen-bond donors (Lipinski definition) is 1. The topological polar surface area (TPSA) is 86.6 Å². The molecule has 1 N–H and O–H groups in total. The van der Waals surface area contributed by atoms with Crippen LogP contribution in [-0.4, -0.2) is 29.7 Å². The van der Waals surface area contributed by atoms with Gasteiger partial charge in [-0.3, -0.25) is 19.0 Å². The molecule has 2 aromatic rings. The van der Waals surface area contributed by atoms with Gasteiger partial charge in [0.1, 0.15) is 12.3 Å². The molecule has 2 rings (SSSR count). The number of nitrogens with zero attached hydrogens (tertiary/aromatic N) is 1. The lowest BCUT2D eigenvalue weighted by molar-refractivity contribution is -0.153. The van der Waals surface area contributed by atoms with E-state index in [1.807, 2.05) is 0 Å². The normalized spacial score (nSPS) is 11.6. The molecule has 0 unspecified atom stereocenters. The lowest BCUT2D eigenvalue weighted by atomic mass is 10.3. The number of amides is 1. The number of rotatable bonds is 6. The maximum absolute atomic E-state index is 12.1. The first-order valence-corrected chi connectivity index (χ1v) is 8.08. The van der Waals surface area contributed by atoms with Crippen molar-refractivity contribution in [3.8, 4) is 5.75 Å². The van der Waals surface area contributed by atoms with Gasteiger partial charge in [0.2, 0.25) is 0 Å². The number of hydrogen-bond acceptors (Lipinski definition) is 6. The van der Waals surface area contributed by atoms with Crippen molar-refractivity contribution in [2.24, 2.45) is 0 Å². The molecule has 128 valence electrons. The summed E-state index contributed by atoms with van der Waals surface area (Å²) in [6, 6.07) is 6.83. The number of aromatic nitrogens is 1. The van der Waals surface area contributed by atoms with E-state index in [4.69, 9.17) is 9.47 Å². The summed E-state index contributed by atoms with van der Waals surface area (Å²) in [5, 5.41) is 4.30. The molecule has 0 saturated carbocycles. The van der Waals surface area contributed by atoms with E-state index in [-0.39, 0.29) is 11.4 Å². The van der Waals surface area contributed by atoms with Gasteiger partial charge in [-0.05, 0) is 26.0 Å². The van der Waals surface area contributed by atoms with Crippen LogP contribution in [0.25, 0.3) is 0 Å². The first-order chi connectivity index (χ1) is 11.4. The molecule has 0 aliphatic rings. The Balaban J connectivity index is 1.93. The van der Waals surface area contributed by atoms with E-state index in [0.717, 1.165) is 11.3 Å². The number of nitrogens with one attached hydrogen (secondary N) is 1. The van der Waals surface area contributed by atoms with E-state index >= 15 is 0 Å². The van der Waals surface area contributed by atoms with Gasteiger partial charge in [-0.1, -0.05) is 17.4 Å². The Morgan fingerprint density at radius 2 is 2.12 bits per heavy atom. The third kappa shape index (κ3) is 4.45. The summed E-state index contributed by atoms with van der Waals surface area (Å²) in [6.07, 6.45) is -0.988. The number of aryl methyl sites for hydroxylation is 1. The average Bonchev–Trinajstić information content (AvgIpc) is 2.86. The van der Waals surface area contributed by atoms with Crippen LogP contribution >= 0.6 is 11.3 Å². The number of anilines is 1. The number of esters is 1. The standard InChI is InChI=1S/C16H18N2O5S/c1-10-9-24-16(21)18(10)8-14(19)23-11(2)15(20)17-12-5-4-6-13(7-12)22-3/h4-7,9,11H,8H2,1-3H3,(H,17,20)/t11-/m1/s1. The van der Waals surface area contributed by atoms with Gasteiger partial charge in [-0.15, -0.1) is 0 Å². The second-order valence-corrected chi connectivity index (χ2v) is 5.90. The molecule has 0 radical (unpaired) electrons. The number of thiazole rings is 1. The van der Waals surface area contributed by atoms with Crippen molar-refractivity contribution in [1.29, 1.82) is 0 Å². The maximum atomic E-state index is 12.1. The largest absolute Gasteiger partial charge is 0.497 e. The molecule has 1 aromatic heterocycles. The van der Waals surface area contributed by atoms with Crippen molar-refractivity contribution in [1.82, 2.24) is 4.57 Å². The Labute approximate surface area is 142 Å². The Hall–Kier alpha value is -2.61. The zero-order chi connectivity index (χ0) is 17.7. The Kier molecular flexibility index (Phi) is 5.75. The smallest absolute Gasteiger partial charge is 0.326 e. The molecule has 0 spiro atoms. The molecule has 7 nitrogen and oxygen atoms in total. The molecule has 0 fully saturated rings. The van der Waals surface area contributed by atoms with Crippen molar-refractivity contribution in [2.45, 2.75) is 26.5 Å². The summed E-state index contributed by atoms with van der Waals surface area (Å²) >= 11 is 1.01. The molecule has 0 saturated heterocycles. The molecule has 0 aliphatic carbocycles. The lowest BCUT2D eigenvalue weighted by Gasteiger charge is -2.14. The van der Waals surface area contributed by atoms with Crippen LogP contribution in [0.2, 0.25) is 0 Å². The van der Waals surface area contributed by atoms with E-state index in [0.29, 0.717) is 17.1 Å². The van der Waals surface area contributed by atoms with Gasteiger partial charge < -0.3 is 14.8 Å². The summed E-state index contributed by atoms with van der Waals surface area (Å²) in [4.78, 5) is 35.3. The van der Waals surface area contributed by atoms with Gasteiger partial charge in [-0.25, -0.2) is 0 Å². The second kappa shape index (κ2) is 7.78. The number of benzene rings is 1. The minimum absolute atomic E-state index is 0.217. The van der Waals surface area contributed by atoms with Crippen LogP contribution in [0.5, 0.6) is 5.75 Å². The Morgan fingerprint density at radius 3 is 2.75 bits per heavy atom. The summed E-state index contributed by atoms with van der Waals surface area (Å²) in [5.41, 5.74) is 1.21. The van der Waals surface area contributed by atoms with Gasteiger partial charge in [0.05, 0.1) is 7.11 Å². The molecule has 1 heterocycles. The SMILES string of the molecule is COc1cccc(NC(=O)[C@@H](C)OC(=O)Cn2c(C)csc2=O)c1. The molecule has 1 amide bonds. The minimum atomic E-state index is -0.988. The molecular formula is C16H18N2O5S. The highest BCUT2D eigenvalue weighted by Gasteiger charge is 2.19.